The zero-order valence-electron chi connectivity index (χ0n) is 15.1. The molecule has 0 saturated carbocycles. The quantitative estimate of drug-likeness (QED) is 0.853. The highest BCUT2D eigenvalue weighted by molar-refractivity contribution is 5.90. The van der Waals surface area contributed by atoms with Crippen molar-refractivity contribution < 1.29 is 14.3 Å². The first-order chi connectivity index (χ1) is 12.0. The number of hydrogen-bond acceptors (Lipinski definition) is 3. The minimum atomic E-state index is -0.322. The number of nitrogens with zero attached hydrogens (tertiary/aromatic N) is 2. The molecule has 3 amide bonds. The molecule has 0 unspecified atom stereocenters. The van der Waals surface area contributed by atoms with Gasteiger partial charge < -0.3 is 19.9 Å². The van der Waals surface area contributed by atoms with Crippen molar-refractivity contribution in [1.29, 1.82) is 0 Å². The molecule has 6 nitrogen and oxygen atoms in total. The topological polar surface area (TPSA) is 61.9 Å². The minimum Gasteiger partial charge on any atom is -0.369 e. The molecule has 0 bridgehead atoms. The van der Waals surface area contributed by atoms with Crippen LogP contribution in [0.3, 0.4) is 0 Å². The average Bonchev–Trinajstić information content (AvgIpc) is 2.60. The summed E-state index contributed by atoms with van der Waals surface area (Å²) in [4.78, 5) is 28.4. The molecular formula is C19H27N3O3. The second-order valence-electron chi connectivity index (χ2n) is 7.11. The molecule has 2 heterocycles. The van der Waals surface area contributed by atoms with Crippen molar-refractivity contribution in [2.24, 2.45) is 5.92 Å². The van der Waals surface area contributed by atoms with Gasteiger partial charge in [0, 0.05) is 31.9 Å². The fourth-order valence-electron chi connectivity index (χ4n) is 3.99. The molecule has 1 aromatic rings. The number of likely N-dealkylation sites (tertiary alicyclic amines) is 2. The summed E-state index contributed by atoms with van der Waals surface area (Å²) in [6.45, 7) is 5.49. The van der Waals surface area contributed by atoms with Crippen LogP contribution in [0.5, 0.6) is 0 Å². The Labute approximate surface area is 149 Å². The van der Waals surface area contributed by atoms with Gasteiger partial charge in [-0.15, -0.1) is 0 Å². The zero-order chi connectivity index (χ0) is 18.0. The average molecular weight is 345 g/mol. The van der Waals surface area contributed by atoms with Crippen LogP contribution in [0.4, 0.5) is 10.5 Å². The van der Waals surface area contributed by atoms with Crippen molar-refractivity contribution in [2.45, 2.75) is 44.9 Å². The Morgan fingerprint density at radius 2 is 1.84 bits per heavy atom. The van der Waals surface area contributed by atoms with Crippen LogP contribution in [0.25, 0.3) is 0 Å². The number of β-lactam (4-membered cyclic amide) rings is 1. The number of carbonyl (C=O) groups is 2. The van der Waals surface area contributed by atoms with Crippen molar-refractivity contribution in [3.8, 4) is 0 Å². The molecule has 2 aliphatic rings. The third-order valence-corrected chi connectivity index (χ3v) is 5.27. The maximum atomic E-state index is 12.4. The van der Waals surface area contributed by atoms with Gasteiger partial charge in [-0.1, -0.05) is 18.2 Å². The standard InChI is InChI=1S/C19H27N3O3/c1-13(2)22-16(17(25-3)18(22)23)14-9-11-21(12-10-14)19(24)20-15-7-5-4-6-8-15/h4-8,13-14,16-17H,9-12H2,1-3H3,(H,20,24)/t16-,17+/m0/s1. The Morgan fingerprint density at radius 3 is 2.40 bits per heavy atom. The summed E-state index contributed by atoms with van der Waals surface area (Å²) >= 11 is 0. The number of methoxy groups -OCH3 is 1. The molecular weight excluding hydrogens is 318 g/mol. The zero-order valence-corrected chi connectivity index (χ0v) is 15.1. The number of hydrogen-bond donors (Lipinski definition) is 1. The molecule has 0 aromatic heterocycles. The van der Waals surface area contributed by atoms with E-state index in [2.05, 4.69) is 5.32 Å². The van der Waals surface area contributed by atoms with Crippen molar-refractivity contribution in [3.63, 3.8) is 0 Å². The van der Waals surface area contributed by atoms with E-state index in [9.17, 15) is 9.59 Å². The maximum Gasteiger partial charge on any atom is 0.321 e. The second-order valence-corrected chi connectivity index (χ2v) is 7.11. The monoisotopic (exact) mass is 345 g/mol. The van der Waals surface area contributed by atoms with Gasteiger partial charge in [0.1, 0.15) is 0 Å². The summed E-state index contributed by atoms with van der Waals surface area (Å²) in [5, 5.41) is 2.94. The van der Waals surface area contributed by atoms with E-state index in [4.69, 9.17) is 4.74 Å². The molecule has 6 heteroatoms. The van der Waals surface area contributed by atoms with Crippen molar-refractivity contribution >= 4 is 17.6 Å². The van der Waals surface area contributed by atoms with Crippen molar-refractivity contribution in [2.75, 3.05) is 25.5 Å². The lowest BCUT2D eigenvalue weighted by Gasteiger charge is -2.53. The number of benzene rings is 1. The van der Waals surface area contributed by atoms with Crippen LogP contribution in [0.15, 0.2) is 30.3 Å². The first-order valence-corrected chi connectivity index (χ1v) is 8.99. The largest absolute Gasteiger partial charge is 0.369 e. The summed E-state index contributed by atoms with van der Waals surface area (Å²) in [5.41, 5.74) is 0.810. The molecule has 0 spiro atoms. The maximum absolute atomic E-state index is 12.4. The SMILES string of the molecule is CO[C@H]1C(=O)N(C(C)C)[C@H]1C1CCN(C(=O)Nc2ccccc2)CC1. The summed E-state index contributed by atoms with van der Waals surface area (Å²) in [6.07, 6.45) is 1.46. The summed E-state index contributed by atoms with van der Waals surface area (Å²) in [6, 6.07) is 9.76. The van der Waals surface area contributed by atoms with E-state index in [-0.39, 0.29) is 30.1 Å². The number of piperidine rings is 1. The van der Waals surface area contributed by atoms with Crippen LogP contribution in [-0.2, 0) is 9.53 Å². The fraction of sp³-hybridized carbons (Fsp3) is 0.579. The number of anilines is 1. The molecule has 0 radical (unpaired) electrons. The predicted octanol–water partition coefficient (Wildman–Crippen LogP) is 2.56. The van der Waals surface area contributed by atoms with Gasteiger partial charge in [0.15, 0.2) is 6.10 Å². The van der Waals surface area contributed by atoms with Crippen LogP contribution in [0.2, 0.25) is 0 Å². The Hall–Kier alpha value is -2.08. The van der Waals surface area contributed by atoms with E-state index in [1.165, 1.54) is 0 Å². The fourth-order valence-corrected chi connectivity index (χ4v) is 3.99. The van der Waals surface area contributed by atoms with Crippen LogP contribution >= 0.6 is 0 Å². The number of ether oxygens (including phenoxy) is 1. The van der Waals surface area contributed by atoms with Crippen LogP contribution in [0, 0.1) is 5.92 Å². The van der Waals surface area contributed by atoms with Gasteiger partial charge in [-0.25, -0.2) is 4.79 Å². The lowest BCUT2D eigenvalue weighted by Crippen LogP contribution is -2.70. The number of amides is 3. The normalized spacial score (nSPS) is 24.4. The van der Waals surface area contributed by atoms with Gasteiger partial charge >= 0.3 is 6.03 Å². The first-order valence-electron chi connectivity index (χ1n) is 8.99. The lowest BCUT2D eigenvalue weighted by atomic mass is 9.79. The van der Waals surface area contributed by atoms with Crippen molar-refractivity contribution in [3.05, 3.63) is 30.3 Å². The molecule has 0 aliphatic carbocycles. The summed E-state index contributed by atoms with van der Waals surface area (Å²) in [5.74, 6) is 0.470. The van der Waals surface area contributed by atoms with E-state index in [0.29, 0.717) is 19.0 Å². The van der Waals surface area contributed by atoms with E-state index < -0.39 is 0 Å². The van der Waals surface area contributed by atoms with Crippen molar-refractivity contribution in [1.82, 2.24) is 9.80 Å². The molecule has 136 valence electrons. The van der Waals surface area contributed by atoms with Crippen LogP contribution in [-0.4, -0.2) is 60.1 Å². The third kappa shape index (κ3) is 3.49. The van der Waals surface area contributed by atoms with Gasteiger partial charge in [0.25, 0.3) is 5.91 Å². The van der Waals surface area contributed by atoms with Crippen LogP contribution < -0.4 is 5.32 Å². The highest BCUT2D eigenvalue weighted by Gasteiger charge is 2.52. The Morgan fingerprint density at radius 1 is 1.20 bits per heavy atom. The molecule has 2 aliphatic heterocycles. The van der Waals surface area contributed by atoms with Gasteiger partial charge in [0.2, 0.25) is 0 Å². The summed E-state index contributed by atoms with van der Waals surface area (Å²) < 4.78 is 5.41. The van der Waals surface area contributed by atoms with Gasteiger partial charge in [0.05, 0.1) is 6.04 Å². The molecule has 1 aromatic carbocycles. The van der Waals surface area contributed by atoms with E-state index in [0.717, 1.165) is 18.5 Å². The first kappa shape index (κ1) is 17.7. The molecule has 1 N–H and O–H groups in total. The third-order valence-electron chi connectivity index (χ3n) is 5.27. The van der Waals surface area contributed by atoms with E-state index in [1.54, 1.807) is 7.11 Å². The molecule has 25 heavy (non-hydrogen) atoms. The highest BCUT2D eigenvalue weighted by atomic mass is 16.5. The Balaban J connectivity index is 1.56. The Bertz CT molecular complexity index is 612. The molecule has 2 saturated heterocycles. The molecule has 3 rings (SSSR count). The number of urea groups is 1. The highest BCUT2D eigenvalue weighted by Crippen LogP contribution is 2.36. The number of para-hydroxylation sites is 1. The van der Waals surface area contributed by atoms with Gasteiger partial charge in [-0.3, -0.25) is 4.79 Å². The van der Waals surface area contributed by atoms with Gasteiger partial charge in [-0.05, 0) is 44.7 Å². The smallest absolute Gasteiger partial charge is 0.321 e. The number of rotatable bonds is 4. The summed E-state index contributed by atoms with van der Waals surface area (Å²) in [7, 11) is 1.61. The molecule has 2 atom stereocenters. The number of nitrogens with one attached hydrogen (secondary N) is 1. The lowest BCUT2D eigenvalue weighted by molar-refractivity contribution is -0.181. The minimum absolute atomic E-state index is 0.0571. The second kappa shape index (κ2) is 7.44. The Kier molecular flexibility index (Phi) is 5.27. The van der Waals surface area contributed by atoms with E-state index >= 15 is 0 Å². The molecule has 2 fully saturated rings. The van der Waals surface area contributed by atoms with E-state index in [1.807, 2.05) is 54.0 Å². The van der Waals surface area contributed by atoms with Gasteiger partial charge in [-0.2, -0.15) is 0 Å². The predicted molar refractivity (Wildman–Crippen MR) is 96.3 cm³/mol. The number of carbonyl (C=O) groups excluding carboxylic acids is 2. The van der Waals surface area contributed by atoms with Crippen LogP contribution in [0.1, 0.15) is 26.7 Å².